The Kier molecular flexibility index (Phi) is 4.95. The highest BCUT2D eigenvalue weighted by molar-refractivity contribution is 7.15. The number of aromatic hydroxyl groups is 1. The molecule has 2 aromatic heterocycles. The molecule has 0 unspecified atom stereocenters. The highest BCUT2D eigenvalue weighted by Gasteiger charge is 2.35. The summed E-state index contributed by atoms with van der Waals surface area (Å²) < 4.78 is 0. The molecule has 6 nitrogen and oxygen atoms in total. The average molecular weight is 422 g/mol. The van der Waals surface area contributed by atoms with Crippen molar-refractivity contribution in [3.63, 3.8) is 0 Å². The molecule has 1 aliphatic heterocycles. The van der Waals surface area contributed by atoms with Crippen molar-refractivity contribution in [1.29, 1.82) is 0 Å². The largest absolute Gasteiger partial charge is 0.507 e. The molecule has 0 spiro atoms. The molecular weight excluding hydrogens is 394 g/mol. The fourth-order valence-electron chi connectivity index (χ4n) is 4.05. The molecule has 1 atom stereocenters. The maximum atomic E-state index is 10.6. The Bertz CT molecular complexity index is 1050. The van der Waals surface area contributed by atoms with E-state index in [0.717, 1.165) is 53.2 Å². The molecule has 2 aliphatic rings. The third kappa shape index (κ3) is 4.04. The number of aryl methyl sites for hydroxylation is 1. The minimum atomic E-state index is 0.145. The first-order chi connectivity index (χ1) is 14.5. The minimum absolute atomic E-state index is 0.145. The van der Waals surface area contributed by atoms with Crippen LogP contribution >= 0.6 is 11.3 Å². The van der Waals surface area contributed by atoms with Crippen molar-refractivity contribution in [3.8, 4) is 27.4 Å². The molecule has 30 heavy (non-hydrogen) atoms. The summed E-state index contributed by atoms with van der Waals surface area (Å²) in [6, 6.07) is 9.62. The van der Waals surface area contributed by atoms with E-state index in [1.807, 2.05) is 37.4 Å². The lowest BCUT2D eigenvalue weighted by atomic mass is 10.0. The summed E-state index contributed by atoms with van der Waals surface area (Å²) in [6.45, 7) is 7.34. The van der Waals surface area contributed by atoms with Crippen LogP contribution < -0.4 is 10.2 Å². The zero-order valence-electron chi connectivity index (χ0n) is 17.4. The number of anilines is 1. The highest BCUT2D eigenvalue weighted by atomic mass is 32.1. The molecule has 7 heteroatoms. The molecule has 1 aromatic carbocycles. The van der Waals surface area contributed by atoms with Gasteiger partial charge < -0.3 is 15.3 Å². The van der Waals surface area contributed by atoms with Crippen LogP contribution in [-0.2, 0) is 0 Å². The molecule has 2 fully saturated rings. The zero-order chi connectivity index (χ0) is 20.7. The van der Waals surface area contributed by atoms with E-state index < -0.39 is 0 Å². The number of hydrogen-bond acceptors (Lipinski definition) is 7. The van der Waals surface area contributed by atoms with Gasteiger partial charge in [-0.05, 0) is 75.4 Å². The number of benzene rings is 1. The van der Waals surface area contributed by atoms with Crippen molar-refractivity contribution < 1.29 is 5.11 Å². The summed E-state index contributed by atoms with van der Waals surface area (Å²) in [5.74, 6) is 1.99. The summed E-state index contributed by atoms with van der Waals surface area (Å²) in [5, 5.41) is 24.2. The first kappa shape index (κ1) is 19.5. The van der Waals surface area contributed by atoms with Crippen molar-refractivity contribution in [2.24, 2.45) is 5.92 Å². The number of aromatic nitrogens is 3. The lowest BCUT2D eigenvalue weighted by molar-refractivity contribution is 0.383. The van der Waals surface area contributed by atoms with Crippen molar-refractivity contribution in [2.45, 2.75) is 38.6 Å². The van der Waals surface area contributed by atoms with Crippen molar-refractivity contribution in [3.05, 3.63) is 41.5 Å². The van der Waals surface area contributed by atoms with Crippen LogP contribution in [-0.4, -0.2) is 45.5 Å². The quantitative estimate of drug-likeness (QED) is 0.620. The van der Waals surface area contributed by atoms with Gasteiger partial charge in [0.25, 0.3) is 0 Å². The van der Waals surface area contributed by atoms with Gasteiger partial charge in [-0.2, -0.15) is 0 Å². The molecule has 0 bridgehead atoms. The molecule has 3 aromatic rings. The van der Waals surface area contributed by atoms with Gasteiger partial charge in [0, 0.05) is 30.4 Å². The Morgan fingerprint density at radius 2 is 2.10 bits per heavy atom. The second kappa shape index (κ2) is 7.63. The second-order valence-electron chi connectivity index (χ2n) is 8.81. The smallest absolute Gasteiger partial charge is 0.151 e. The average Bonchev–Trinajstić information content (AvgIpc) is 3.35. The van der Waals surface area contributed by atoms with Crippen LogP contribution in [0.15, 0.2) is 36.5 Å². The number of thiazole rings is 1. The Labute approximate surface area is 181 Å². The molecule has 1 saturated heterocycles. The number of phenols is 1. The van der Waals surface area contributed by atoms with Gasteiger partial charge in [0.05, 0.1) is 15.6 Å². The lowest BCUT2D eigenvalue weighted by Gasteiger charge is -2.26. The summed E-state index contributed by atoms with van der Waals surface area (Å²) in [4.78, 5) is 7.63. The first-order valence-electron chi connectivity index (χ1n) is 10.6. The zero-order valence-corrected chi connectivity index (χ0v) is 18.2. The number of rotatable bonds is 6. The molecular formula is C23H27N5OS. The van der Waals surface area contributed by atoms with Gasteiger partial charge in [-0.1, -0.05) is 6.07 Å². The van der Waals surface area contributed by atoms with Gasteiger partial charge in [-0.3, -0.25) is 0 Å². The highest BCUT2D eigenvalue weighted by Crippen LogP contribution is 2.35. The van der Waals surface area contributed by atoms with Gasteiger partial charge in [0.1, 0.15) is 5.75 Å². The monoisotopic (exact) mass is 421 g/mol. The van der Waals surface area contributed by atoms with Crippen LogP contribution in [0.4, 0.5) is 5.82 Å². The van der Waals surface area contributed by atoms with Gasteiger partial charge >= 0.3 is 0 Å². The molecule has 5 rings (SSSR count). The summed E-state index contributed by atoms with van der Waals surface area (Å²) in [5.41, 5.74) is 2.47. The van der Waals surface area contributed by atoms with Crippen molar-refractivity contribution >= 4 is 17.2 Å². The van der Waals surface area contributed by atoms with E-state index in [-0.39, 0.29) is 11.3 Å². The fourth-order valence-corrected chi connectivity index (χ4v) is 4.82. The SMILES string of the molecule is Cc1ncc(-c2ccc(-c3ccc(N4CC[C@](C)(NCC5CC5)C4)nn3)c(O)c2)s1. The van der Waals surface area contributed by atoms with Gasteiger partial charge in [0.15, 0.2) is 5.82 Å². The van der Waals surface area contributed by atoms with Crippen molar-refractivity contribution in [2.75, 3.05) is 24.5 Å². The van der Waals surface area contributed by atoms with E-state index in [1.54, 1.807) is 17.4 Å². The van der Waals surface area contributed by atoms with E-state index in [1.165, 1.54) is 12.8 Å². The number of phenolic OH excluding ortho intramolecular Hbond substituents is 1. The Morgan fingerprint density at radius 1 is 1.23 bits per heavy atom. The lowest BCUT2D eigenvalue weighted by Crippen LogP contribution is -2.45. The second-order valence-corrected chi connectivity index (χ2v) is 10.0. The topological polar surface area (TPSA) is 74.2 Å². The van der Waals surface area contributed by atoms with Gasteiger partial charge in [-0.15, -0.1) is 21.5 Å². The maximum Gasteiger partial charge on any atom is 0.151 e. The summed E-state index contributed by atoms with van der Waals surface area (Å²) in [7, 11) is 0. The molecule has 0 amide bonds. The summed E-state index contributed by atoms with van der Waals surface area (Å²) >= 11 is 1.61. The molecule has 1 saturated carbocycles. The normalized spacial score (nSPS) is 21.3. The van der Waals surface area contributed by atoms with E-state index in [2.05, 4.69) is 32.3 Å². The molecule has 2 N–H and O–H groups in total. The van der Waals surface area contributed by atoms with Crippen molar-refractivity contribution in [1.82, 2.24) is 20.5 Å². The Balaban J connectivity index is 1.29. The Hall–Kier alpha value is -2.51. The maximum absolute atomic E-state index is 10.6. The number of nitrogens with zero attached hydrogens (tertiary/aromatic N) is 4. The predicted molar refractivity (Wildman–Crippen MR) is 121 cm³/mol. The Morgan fingerprint density at radius 3 is 2.77 bits per heavy atom. The van der Waals surface area contributed by atoms with E-state index in [4.69, 9.17) is 0 Å². The third-order valence-corrected chi connectivity index (χ3v) is 7.10. The predicted octanol–water partition coefficient (Wildman–Crippen LogP) is 4.25. The number of nitrogens with one attached hydrogen (secondary N) is 1. The number of hydrogen-bond donors (Lipinski definition) is 2. The van der Waals surface area contributed by atoms with Crippen LogP contribution in [0.1, 0.15) is 31.2 Å². The molecule has 0 radical (unpaired) electrons. The van der Waals surface area contributed by atoms with Gasteiger partial charge in [-0.25, -0.2) is 4.98 Å². The van der Waals surface area contributed by atoms with Gasteiger partial charge in [0.2, 0.25) is 0 Å². The van der Waals surface area contributed by atoms with Crippen LogP contribution in [0.3, 0.4) is 0 Å². The van der Waals surface area contributed by atoms with Crippen LogP contribution in [0.25, 0.3) is 21.7 Å². The van der Waals surface area contributed by atoms with Crippen LogP contribution in [0.5, 0.6) is 5.75 Å². The van der Waals surface area contributed by atoms with E-state index in [0.29, 0.717) is 11.3 Å². The minimum Gasteiger partial charge on any atom is -0.507 e. The first-order valence-corrected chi connectivity index (χ1v) is 11.4. The van der Waals surface area contributed by atoms with E-state index in [9.17, 15) is 5.11 Å². The summed E-state index contributed by atoms with van der Waals surface area (Å²) in [6.07, 6.45) is 5.70. The van der Waals surface area contributed by atoms with Crippen LogP contribution in [0, 0.1) is 12.8 Å². The third-order valence-electron chi connectivity index (χ3n) is 6.14. The van der Waals surface area contributed by atoms with E-state index >= 15 is 0 Å². The molecule has 3 heterocycles. The standard InChI is InChI=1S/C23H27N5OS/c1-15-24-13-21(30-15)17-5-6-18(20(29)11-17)19-7-8-22(27-26-19)28-10-9-23(2,14-28)25-12-16-3-4-16/h5-8,11,13,16,25,29H,3-4,9-10,12,14H2,1-2H3/t23-/m0/s1. The molecule has 1 aliphatic carbocycles. The molecule has 156 valence electrons. The van der Waals surface area contributed by atoms with Crippen LogP contribution in [0.2, 0.25) is 0 Å². The fraction of sp³-hybridized carbons (Fsp3) is 0.435.